The van der Waals surface area contributed by atoms with Gasteiger partial charge in [-0.15, -0.1) is 0 Å². The van der Waals surface area contributed by atoms with Gasteiger partial charge in [0.1, 0.15) is 0 Å². The molecule has 0 spiro atoms. The molecule has 0 radical (unpaired) electrons. The summed E-state index contributed by atoms with van der Waals surface area (Å²) in [6.45, 7) is 1.32. The highest BCUT2D eigenvalue weighted by atomic mass is 35.6. The summed E-state index contributed by atoms with van der Waals surface area (Å²) in [6, 6.07) is 17.7. The van der Waals surface area contributed by atoms with Crippen molar-refractivity contribution in [1.82, 2.24) is 10.2 Å². The van der Waals surface area contributed by atoms with E-state index in [0.717, 1.165) is 29.9 Å². The SMILES string of the molecule is CNc1ccccc1N1CCCN(C(NC(=O)CCc2ccccc2)C(Cl)(Cl)Cl)C1=S. The van der Waals surface area contributed by atoms with Gasteiger partial charge in [0.05, 0.1) is 11.4 Å². The molecular formula is C22H25Cl3N4OS. The summed E-state index contributed by atoms with van der Waals surface area (Å²) >= 11 is 24.7. The van der Waals surface area contributed by atoms with E-state index in [1.807, 2.05) is 66.5 Å². The lowest BCUT2D eigenvalue weighted by atomic mass is 10.1. The highest BCUT2D eigenvalue weighted by molar-refractivity contribution is 7.80. The number of nitrogens with zero attached hydrogens (tertiary/aromatic N) is 2. The molecule has 0 aliphatic carbocycles. The second-order valence-corrected chi connectivity index (χ2v) is 9.98. The largest absolute Gasteiger partial charge is 0.386 e. The molecule has 1 atom stereocenters. The number of anilines is 2. The monoisotopic (exact) mass is 498 g/mol. The van der Waals surface area contributed by atoms with E-state index in [9.17, 15) is 4.79 Å². The van der Waals surface area contributed by atoms with Crippen molar-refractivity contribution in [3.8, 4) is 0 Å². The molecule has 31 heavy (non-hydrogen) atoms. The van der Waals surface area contributed by atoms with Crippen LogP contribution in [0, 0.1) is 0 Å². The molecule has 2 N–H and O–H groups in total. The Hall–Kier alpha value is -1.73. The molecular weight excluding hydrogens is 475 g/mol. The maximum atomic E-state index is 12.7. The van der Waals surface area contributed by atoms with Gasteiger partial charge in [-0.1, -0.05) is 77.3 Å². The number of para-hydroxylation sites is 2. The maximum absolute atomic E-state index is 12.7. The second-order valence-electron chi connectivity index (χ2n) is 7.25. The van der Waals surface area contributed by atoms with Gasteiger partial charge in [0.2, 0.25) is 9.70 Å². The van der Waals surface area contributed by atoms with Crippen molar-refractivity contribution in [1.29, 1.82) is 0 Å². The summed E-state index contributed by atoms with van der Waals surface area (Å²) in [4.78, 5) is 16.5. The van der Waals surface area contributed by atoms with E-state index < -0.39 is 9.96 Å². The van der Waals surface area contributed by atoms with E-state index in [1.54, 1.807) is 4.90 Å². The lowest BCUT2D eigenvalue weighted by Crippen LogP contribution is -2.62. The van der Waals surface area contributed by atoms with Crippen molar-refractivity contribution in [2.45, 2.75) is 29.2 Å². The van der Waals surface area contributed by atoms with E-state index in [1.165, 1.54) is 0 Å². The Morgan fingerprint density at radius 3 is 2.45 bits per heavy atom. The summed E-state index contributed by atoms with van der Waals surface area (Å²) < 4.78 is -1.75. The molecule has 2 aromatic carbocycles. The Bertz CT molecular complexity index is 907. The van der Waals surface area contributed by atoms with Crippen LogP contribution >= 0.6 is 47.0 Å². The molecule has 1 fully saturated rings. The molecule has 9 heteroatoms. The fraction of sp³-hybridized carbons (Fsp3) is 0.364. The van der Waals surface area contributed by atoms with E-state index >= 15 is 0 Å². The fourth-order valence-corrected chi connectivity index (χ4v) is 4.50. The molecule has 2 aromatic rings. The van der Waals surface area contributed by atoms with Gasteiger partial charge in [-0.05, 0) is 42.8 Å². The summed E-state index contributed by atoms with van der Waals surface area (Å²) in [5, 5.41) is 6.58. The van der Waals surface area contributed by atoms with Crippen LogP contribution in [0.2, 0.25) is 0 Å². The lowest BCUT2D eigenvalue weighted by molar-refractivity contribution is -0.122. The Balaban J connectivity index is 1.75. The lowest BCUT2D eigenvalue weighted by Gasteiger charge is -2.45. The quantitative estimate of drug-likeness (QED) is 0.416. The number of thiocarbonyl (C=S) groups is 1. The zero-order valence-electron chi connectivity index (χ0n) is 17.2. The van der Waals surface area contributed by atoms with Gasteiger partial charge in [-0.3, -0.25) is 4.79 Å². The van der Waals surface area contributed by atoms with E-state index in [-0.39, 0.29) is 12.3 Å². The number of benzene rings is 2. The molecule has 166 valence electrons. The molecule has 1 unspecified atom stereocenters. The number of alkyl halides is 3. The number of nitrogens with one attached hydrogen (secondary N) is 2. The van der Waals surface area contributed by atoms with Gasteiger partial charge in [0, 0.05) is 26.6 Å². The number of carbonyl (C=O) groups is 1. The third-order valence-corrected chi connectivity index (χ3v) is 6.20. The Labute approximate surface area is 203 Å². The minimum absolute atomic E-state index is 0.198. The molecule has 0 aromatic heterocycles. The first-order valence-electron chi connectivity index (χ1n) is 10.1. The third-order valence-electron chi connectivity index (χ3n) is 5.12. The van der Waals surface area contributed by atoms with Crippen LogP contribution in [0.5, 0.6) is 0 Å². The molecule has 5 nitrogen and oxygen atoms in total. The zero-order chi connectivity index (χ0) is 22.4. The average molecular weight is 500 g/mol. The number of halogens is 3. The van der Waals surface area contributed by atoms with Crippen molar-refractivity contribution >= 4 is 69.4 Å². The number of hydrogen-bond donors (Lipinski definition) is 2. The highest BCUT2D eigenvalue weighted by Crippen LogP contribution is 2.35. The molecule has 0 bridgehead atoms. The number of aryl methyl sites for hydroxylation is 1. The molecule has 1 amide bonds. The summed E-state index contributed by atoms with van der Waals surface area (Å²) in [7, 11) is 1.86. The molecule has 3 rings (SSSR count). The Kier molecular flexibility index (Phi) is 8.28. The normalized spacial score (nSPS) is 15.5. The minimum atomic E-state index is -1.75. The first-order valence-corrected chi connectivity index (χ1v) is 11.6. The first kappa shape index (κ1) is 23.9. The van der Waals surface area contributed by atoms with Gasteiger partial charge < -0.3 is 20.4 Å². The fourth-order valence-electron chi connectivity index (χ4n) is 3.59. The Morgan fingerprint density at radius 1 is 1.10 bits per heavy atom. The van der Waals surface area contributed by atoms with Gasteiger partial charge in [0.15, 0.2) is 11.3 Å². The standard InChI is InChI=1S/C22H25Cl3N4OS/c1-26-17-10-5-6-11-18(17)28-14-7-15-29(21(28)31)20(22(23,24)25)27-19(30)13-12-16-8-3-2-4-9-16/h2-6,8-11,20,26H,7,12-15H2,1H3,(H,27,30). The molecule has 1 aliphatic heterocycles. The van der Waals surface area contributed by atoms with Crippen LogP contribution in [0.25, 0.3) is 0 Å². The van der Waals surface area contributed by atoms with Crippen molar-refractivity contribution in [3.05, 3.63) is 60.2 Å². The molecule has 1 saturated heterocycles. The average Bonchev–Trinajstić information content (AvgIpc) is 2.76. The zero-order valence-corrected chi connectivity index (χ0v) is 20.2. The van der Waals surface area contributed by atoms with Gasteiger partial charge in [0.25, 0.3) is 0 Å². The van der Waals surface area contributed by atoms with Gasteiger partial charge in [-0.25, -0.2) is 0 Å². The summed E-state index contributed by atoms with van der Waals surface area (Å²) in [6.07, 6.45) is 0.812. The molecule has 1 aliphatic rings. The smallest absolute Gasteiger partial charge is 0.228 e. The highest BCUT2D eigenvalue weighted by Gasteiger charge is 2.42. The Morgan fingerprint density at radius 2 is 1.77 bits per heavy atom. The second kappa shape index (κ2) is 10.7. The van der Waals surface area contributed by atoms with Crippen LogP contribution in [0.1, 0.15) is 18.4 Å². The van der Waals surface area contributed by atoms with Crippen LogP contribution in [0.15, 0.2) is 54.6 Å². The predicted octanol–water partition coefficient (Wildman–Crippen LogP) is 4.97. The van der Waals surface area contributed by atoms with E-state index in [4.69, 9.17) is 47.0 Å². The summed E-state index contributed by atoms with van der Waals surface area (Å²) in [5.41, 5.74) is 2.97. The number of hydrogen-bond acceptors (Lipinski definition) is 3. The van der Waals surface area contributed by atoms with Crippen molar-refractivity contribution in [2.75, 3.05) is 30.4 Å². The van der Waals surface area contributed by atoms with Crippen LogP contribution in [0.3, 0.4) is 0 Å². The van der Waals surface area contributed by atoms with E-state index in [0.29, 0.717) is 18.1 Å². The summed E-state index contributed by atoms with van der Waals surface area (Å²) in [5.74, 6) is -0.198. The van der Waals surface area contributed by atoms with Crippen molar-refractivity contribution < 1.29 is 4.79 Å². The van der Waals surface area contributed by atoms with Crippen LogP contribution in [-0.4, -0.2) is 46.0 Å². The maximum Gasteiger partial charge on any atom is 0.228 e. The predicted molar refractivity (Wildman–Crippen MR) is 134 cm³/mol. The van der Waals surface area contributed by atoms with Crippen molar-refractivity contribution in [3.63, 3.8) is 0 Å². The first-order chi connectivity index (χ1) is 14.8. The topological polar surface area (TPSA) is 47.6 Å². The van der Waals surface area contributed by atoms with Crippen LogP contribution in [-0.2, 0) is 11.2 Å². The van der Waals surface area contributed by atoms with Crippen LogP contribution in [0.4, 0.5) is 11.4 Å². The molecule has 0 saturated carbocycles. The number of carbonyl (C=O) groups excluding carboxylic acids is 1. The minimum Gasteiger partial charge on any atom is -0.386 e. The molecule has 1 heterocycles. The third kappa shape index (κ3) is 6.16. The van der Waals surface area contributed by atoms with Crippen molar-refractivity contribution in [2.24, 2.45) is 0 Å². The van der Waals surface area contributed by atoms with Gasteiger partial charge in [-0.2, -0.15) is 0 Å². The number of amides is 1. The van der Waals surface area contributed by atoms with Crippen LogP contribution < -0.4 is 15.5 Å². The number of rotatable bonds is 7. The van der Waals surface area contributed by atoms with E-state index in [2.05, 4.69) is 10.6 Å². The van der Waals surface area contributed by atoms with Gasteiger partial charge >= 0.3 is 0 Å².